The van der Waals surface area contributed by atoms with Crippen molar-refractivity contribution < 1.29 is 0 Å². The molecule has 2 aromatic rings. The summed E-state index contributed by atoms with van der Waals surface area (Å²) >= 11 is 10.7. The lowest BCUT2D eigenvalue weighted by Crippen LogP contribution is -1.76. The largest absolute Gasteiger partial charge is 0.192 e. The topological polar surface area (TPSA) is 23.8 Å². The number of hydrogen-bond acceptors (Lipinski definition) is 2. The van der Waals surface area contributed by atoms with Gasteiger partial charge in [0, 0.05) is 15.1 Å². The fraction of sp³-hybridized carbons (Fsp3) is 0.100. The van der Waals surface area contributed by atoms with Gasteiger partial charge in [-0.3, -0.25) is 0 Å². The molecule has 0 atom stereocenters. The Morgan fingerprint density at radius 3 is 2.86 bits per heavy atom. The van der Waals surface area contributed by atoms with Gasteiger partial charge in [0.1, 0.15) is 10.9 Å². The number of hydrogen-bond donors (Lipinski definition) is 0. The molecule has 0 amide bonds. The molecule has 1 aromatic carbocycles. The number of benzene rings is 1. The molecule has 70 valence electrons. The normalized spacial score (nSPS) is 10.4. The summed E-state index contributed by atoms with van der Waals surface area (Å²) in [5.41, 5.74) is 1.06. The molecule has 0 unspecified atom stereocenters. The van der Waals surface area contributed by atoms with Gasteiger partial charge in [-0.15, -0.1) is 22.9 Å². The van der Waals surface area contributed by atoms with E-state index in [1.165, 1.54) is 11.3 Å². The van der Waals surface area contributed by atoms with Crippen LogP contribution in [0.5, 0.6) is 0 Å². The van der Waals surface area contributed by atoms with Crippen molar-refractivity contribution >= 4 is 49.0 Å². The van der Waals surface area contributed by atoms with Crippen LogP contribution >= 0.6 is 38.9 Å². The van der Waals surface area contributed by atoms with Gasteiger partial charge in [-0.2, -0.15) is 5.26 Å². The molecule has 0 fully saturated rings. The SMILES string of the molecule is N#Cc1cc2cc(CCl)cc(Br)c2s1. The second-order valence-electron chi connectivity index (χ2n) is 2.85. The third-order valence-corrected chi connectivity index (χ3v) is 4.18. The Bertz CT molecular complexity index is 527. The van der Waals surface area contributed by atoms with E-state index in [0.717, 1.165) is 25.0 Å². The van der Waals surface area contributed by atoms with Crippen LogP contribution < -0.4 is 0 Å². The van der Waals surface area contributed by atoms with Gasteiger partial charge in [0.05, 0.1) is 0 Å². The molecule has 0 saturated heterocycles. The molecular weight excluding hydrogens is 282 g/mol. The van der Waals surface area contributed by atoms with Gasteiger partial charge < -0.3 is 0 Å². The smallest absolute Gasteiger partial charge is 0.110 e. The summed E-state index contributed by atoms with van der Waals surface area (Å²) in [4.78, 5) is 0.729. The molecule has 1 nitrogen and oxygen atoms in total. The molecule has 0 N–H and O–H groups in total. The van der Waals surface area contributed by atoms with Crippen LogP contribution in [0.15, 0.2) is 22.7 Å². The van der Waals surface area contributed by atoms with E-state index in [1.54, 1.807) is 0 Å². The maximum Gasteiger partial charge on any atom is 0.110 e. The summed E-state index contributed by atoms with van der Waals surface area (Å²) in [5, 5.41) is 9.86. The Morgan fingerprint density at radius 1 is 1.43 bits per heavy atom. The number of nitrogens with zero attached hydrogens (tertiary/aromatic N) is 1. The molecule has 2 rings (SSSR count). The van der Waals surface area contributed by atoms with Crippen molar-refractivity contribution in [2.45, 2.75) is 5.88 Å². The first-order valence-corrected chi connectivity index (χ1v) is 6.07. The maximum absolute atomic E-state index is 8.78. The van der Waals surface area contributed by atoms with Crippen molar-refractivity contribution in [3.63, 3.8) is 0 Å². The highest BCUT2D eigenvalue weighted by molar-refractivity contribution is 9.10. The van der Waals surface area contributed by atoms with Crippen molar-refractivity contribution in [2.75, 3.05) is 0 Å². The zero-order chi connectivity index (χ0) is 10.1. The zero-order valence-corrected chi connectivity index (χ0v) is 10.2. The van der Waals surface area contributed by atoms with E-state index in [2.05, 4.69) is 22.0 Å². The number of thiophene rings is 1. The molecule has 0 aliphatic rings. The van der Waals surface area contributed by atoms with Crippen LogP contribution in [0.2, 0.25) is 0 Å². The van der Waals surface area contributed by atoms with Crippen LogP contribution in [0.4, 0.5) is 0 Å². The Morgan fingerprint density at radius 2 is 2.21 bits per heavy atom. The quantitative estimate of drug-likeness (QED) is 0.718. The molecule has 0 spiro atoms. The van der Waals surface area contributed by atoms with Crippen LogP contribution in [-0.4, -0.2) is 0 Å². The Labute approximate surface area is 99.0 Å². The fourth-order valence-electron chi connectivity index (χ4n) is 1.30. The molecule has 0 aliphatic carbocycles. The van der Waals surface area contributed by atoms with Gasteiger partial charge >= 0.3 is 0 Å². The van der Waals surface area contributed by atoms with E-state index >= 15 is 0 Å². The minimum Gasteiger partial charge on any atom is -0.192 e. The minimum atomic E-state index is 0.492. The number of rotatable bonds is 1. The highest BCUT2D eigenvalue weighted by atomic mass is 79.9. The monoisotopic (exact) mass is 285 g/mol. The summed E-state index contributed by atoms with van der Waals surface area (Å²) in [6.45, 7) is 0. The van der Waals surface area contributed by atoms with Crippen LogP contribution in [0.1, 0.15) is 10.4 Å². The van der Waals surface area contributed by atoms with Gasteiger partial charge in [0.2, 0.25) is 0 Å². The number of fused-ring (bicyclic) bond motifs is 1. The van der Waals surface area contributed by atoms with E-state index in [0.29, 0.717) is 5.88 Å². The lowest BCUT2D eigenvalue weighted by molar-refractivity contribution is 1.42. The van der Waals surface area contributed by atoms with E-state index in [-0.39, 0.29) is 0 Å². The lowest BCUT2D eigenvalue weighted by Gasteiger charge is -1.97. The predicted molar refractivity (Wildman–Crippen MR) is 63.8 cm³/mol. The second-order valence-corrected chi connectivity index (χ2v) is 5.03. The van der Waals surface area contributed by atoms with Crippen molar-refractivity contribution in [2.24, 2.45) is 0 Å². The fourth-order valence-corrected chi connectivity index (χ4v) is 3.06. The lowest BCUT2D eigenvalue weighted by atomic mass is 10.2. The molecule has 14 heavy (non-hydrogen) atoms. The van der Waals surface area contributed by atoms with E-state index in [1.807, 2.05) is 18.2 Å². The van der Waals surface area contributed by atoms with Crippen LogP contribution in [0.3, 0.4) is 0 Å². The molecular formula is C10H5BrClNS. The number of halogens is 2. The molecule has 4 heteroatoms. The average Bonchev–Trinajstić information content (AvgIpc) is 2.61. The zero-order valence-electron chi connectivity index (χ0n) is 7.05. The van der Waals surface area contributed by atoms with Crippen molar-refractivity contribution in [1.82, 2.24) is 0 Å². The highest BCUT2D eigenvalue weighted by Crippen LogP contribution is 2.33. The maximum atomic E-state index is 8.78. The molecule has 0 aliphatic heterocycles. The van der Waals surface area contributed by atoms with Gasteiger partial charge in [0.15, 0.2) is 0 Å². The number of nitriles is 1. The summed E-state index contributed by atoms with van der Waals surface area (Å²) in [5.74, 6) is 0.492. The first-order chi connectivity index (χ1) is 6.74. The van der Waals surface area contributed by atoms with Crippen molar-refractivity contribution in [1.29, 1.82) is 5.26 Å². The van der Waals surface area contributed by atoms with Crippen LogP contribution in [0, 0.1) is 11.3 Å². The van der Waals surface area contributed by atoms with Crippen LogP contribution in [-0.2, 0) is 5.88 Å². The third kappa shape index (κ3) is 1.66. The predicted octanol–water partition coefficient (Wildman–Crippen LogP) is 4.27. The van der Waals surface area contributed by atoms with Gasteiger partial charge in [-0.25, -0.2) is 0 Å². The van der Waals surface area contributed by atoms with Crippen molar-refractivity contribution in [3.8, 4) is 6.07 Å². The Hall–Kier alpha value is -0.560. The summed E-state index contributed by atoms with van der Waals surface area (Å²) in [6.07, 6.45) is 0. The van der Waals surface area contributed by atoms with Crippen molar-refractivity contribution in [3.05, 3.63) is 33.1 Å². The summed E-state index contributed by atoms with van der Waals surface area (Å²) in [6, 6.07) is 8.05. The standard InChI is InChI=1S/C10H5BrClNS/c11-9-2-6(4-12)1-7-3-8(5-13)14-10(7)9/h1-3H,4H2. The van der Waals surface area contributed by atoms with Gasteiger partial charge in [-0.1, -0.05) is 0 Å². The third-order valence-electron chi connectivity index (χ3n) is 1.90. The second kappa shape index (κ2) is 3.90. The minimum absolute atomic E-state index is 0.492. The Kier molecular flexibility index (Phi) is 2.78. The molecule has 1 aromatic heterocycles. The van der Waals surface area contributed by atoms with E-state index in [4.69, 9.17) is 16.9 Å². The van der Waals surface area contributed by atoms with E-state index < -0.39 is 0 Å². The molecule has 0 radical (unpaired) electrons. The first kappa shape index (κ1) is 9.97. The average molecular weight is 287 g/mol. The molecule has 0 bridgehead atoms. The van der Waals surface area contributed by atoms with Crippen LogP contribution in [0.25, 0.3) is 10.1 Å². The first-order valence-electron chi connectivity index (χ1n) is 3.92. The summed E-state index contributed by atoms with van der Waals surface area (Å²) in [7, 11) is 0. The number of alkyl halides is 1. The molecule has 0 saturated carbocycles. The molecule has 1 heterocycles. The van der Waals surface area contributed by atoms with E-state index in [9.17, 15) is 0 Å². The Balaban J connectivity index is 2.75. The van der Waals surface area contributed by atoms with Gasteiger partial charge in [0.25, 0.3) is 0 Å². The van der Waals surface area contributed by atoms with Gasteiger partial charge in [-0.05, 0) is 45.1 Å². The highest BCUT2D eigenvalue weighted by Gasteiger charge is 2.06. The summed E-state index contributed by atoms with van der Waals surface area (Å²) < 4.78 is 2.12.